The molecule has 0 aliphatic heterocycles. The minimum absolute atomic E-state index is 0.0113. The molecule has 1 aromatic rings. The molecule has 1 aromatic carbocycles. The third-order valence-corrected chi connectivity index (χ3v) is 5.75. The van der Waals surface area contributed by atoms with Crippen LogP contribution in [-0.4, -0.2) is 48.8 Å². The number of aliphatic carboxylic acids is 1. The van der Waals surface area contributed by atoms with E-state index in [0.717, 1.165) is 0 Å². The number of benzene rings is 1. The molecule has 0 aromatic heterocycles. The van der Waals surface area contributed by atoms with Gasteiger partial charge in [-0.15, -0.1) is 0 Å². The maximum absolute atomic E-state index is 12.5. The van der Waals surface area contributed by atoms with Gasteiger partial charge in [-0.1, -0.05) is 19.9 Å². The molecule has 0 saturated carbocycles. The molecular weight excluding hydrogens is 332 g/mol. The number of amides is 1. The van der Waals surface area contributed by atoms with Crippen molar-refractivity contribution in [1.82, 2.24) is 9.62 Å². The van der Waals surface area contributed by atoms with Crippen LogP contribution in [0.15, 0.2) is 29.2 Å². The van der Waals surface area contributed by atoms with E-state index in [1.807, 2.05) is 0 Å². The van der Waals surface area contributed by atoms with Gasteiger partial charge in [-0.3, -0.25) is 4.79 Å². The highest BCUT2D eigenvalue weighted by molar-refractivity contribution is 7.89. The van der Waals surface area contributed by atoms with Crippen LogP contribution in [0.2, 0.25) is 0 Å². The van der Waals surface area contributed by atoms with Gasteiger partial charge < -0.3 is 10.4 Å². The first-order valence-electron chi connectivity index (χ1n) is 7.60. The van der Waals surface area contributed by atoms with Gasteiger partial charge in [-0.05, 0) is 38.0 Å². The molecule has 0 saturated heterocycles. The Labute approximate surface area is 142 Å². The van der Waals surface area contributed by atoms with Crippen molar-refractivity contribution in [3.05, 3.63) is 29.8 Å². The molecule has 1 rings (SSSR count). The van der Waals surface area contributed by atoms with E-state index in [9.17, 15) is 18.0 Å². The SMILES string of the molecule is CC(C)[C@H](NC(=O)c1cccc(S(=O)(=O)N(C)C(C)C)c1)C(=O)O. The Morgan fingerprint density at radius 2 is 1.75 bits per heavy atom. The van der Waals surface area contributed by atoms with Gasteiger partial charge in [0.05, 0.1) is 4.90 Å². The Morgan fingerprint density at radius 1 is 1.17 bits per heavy atom. The van der Waals surface area contributed by atoms with Gasteiger partial charge in [0.2, 0.25) is 10.0 Å². The van der Waals surface area contributed by atoms with Crippen LogP contribution in [-0.2, 0) is 14.8 Å². The second-order valence-corrected chi connectivity index (χ2v) is 8.17. The fourth-order valence-corrected chi connectivity index (χ4v) is 3.39. The van der Waals surface area contributed by atoms with E-state index in [4.69, 9.17) is 5.11 Å². The minimum Gasteiger partial charge on any atom is -0.480 e. The molecule has 0 heterocycles. The summed E-state index contributed by atoms with van der Waals surface area (Å²) >= 11 is 0. The molecule has 1 atom stereocenters. The Balaban J connectivity index is 3.13. The number of sulfonamides is 1. The summed E-state index contributed by atoms with van der Waals surface area (Å²) in [5.41, 5.74) is 0.0973. The van der Waals surface area contributed by atoms with Crippen LogP contribution >= 0.6 is 0 Å². The van der Waals surface area contributed by atoms with Crippen LogP contribution < -0.4 is 5.32 Å². The fraction of sp³-hybridized carbons (Fsp3) is 0.500. The van der Waals surface area contributed by atoms with Crippen molar-refractivity contribution in [2.24, 2.45) is 5.92 Å². The maximum Gasteiger partial charge on any atom is 0.326 e. The summed E-state index contributed by atoms with van der Waals surface area (Å²) in [6.07, 6.45) is 0. The molecular formula is C16H24N2O5S. The Hall–Kier alpha value is -1.93. The van der Waals surface area contributed by atoms with Crippen LogP contribution in [0.4, 0.5) is 0 Å². The molecule has 0 aliphatic rings. The van der Waals surface area contributed by atoms with Crippen LogP contribution in [0.5, 0.6) is 0 Å². The number of nitrogens with zero attached hydrogens (tertiary/aromatic N) is 1. The van der Waals surface area contributed by atoms with Crippen molar-refractivity contribution in [3.8, 4) is 0 Å². The fourth-order valence-electron chi connectivity index (χ4n) is 1.98. The lowest BCUT2D eigenvalue weighted by Gasteiger charge is -2.21. The maximum atomic E-state index is 12.5. The standard InChI is InChI=1S/C16H24N2O5S/c1-10(2)14(16(20)21)17-15(19)12-7-6-8-13(9-12)24(22,23)18(5)11(3)4/h6-11,14H,1-5H3,(H,17,19)(H,20,21)/t14-/m0/s1. The number of carbonyl (C=O) groups excluding carboxylic acids is 1. The third kappa shape index (κ3) is 4.55. The van der Waals surface area contributed by atoms with Crippen molar-refractivity contribution in [2.75, 3.05) is 7.05 Å². The summed E-state index contributed by atoms with van der Waals surface area (Å²) in [6, 6.07) is 4.29. The molecule has 1 amide bonds. The molecule has 24 heavy (non-hydrogen) atoms. The van der Waals surface area contributed by atoms with E-state index in [0.29, 0.717) is 0 Å². The van der Waals surface area contributed by atoms with E-state index in [2.05, 4.69) is 5.32 Å². The lowest BCUT2D eigenvalue weighted by Crippen LogP contribution is -2.44. The summed E-state index contributed by atoms with van der Waals surface area (Å²) in [5, 5.41) is 11.6. The van der Waals surface area contributed by atoms with Crippen molar-refractivity contribution in [1.29, 1.82) is 0 Å². The molecule has 0 radical (unpaired) electrons. The first-order chi connectivity index (χ1) is 11.0. The van der Waals surface area contributed by atoms with E-state index in [1.165, 1.54) is 35.6 Å². The summed E-state index contributed by atoms with van der Waals surface area (Å²) < 4.78 is 26.2. The van der Waals surface area contributed by atoms with Crippen LogP contribution in [0.3, 0.4) is 0 Å². The smallest absolute Gasteiger partial charge is 0.326 e. The first-order valence-corrected chi connectivity index (χ1v) is 9.04. The normalized spacial score (nSPS) is 13.3. The number of carbonyl (C=O) groups is 2. The van der Waals surface area contributed by atoms with Gasteiger partial charge >= 0.3 is 5.97 Å². The topological polar surface area (TPSA) is 104 Å². The molecule has 2 N–H and O–H groups in total. The summed E-state index contributed by atoms with van der Waals surface area (Å²) in [6.45, 7) is 6.84. The van der Waals surface area contributed by atoms with E-state index < -0.39 is 27.9 Å². The van der Waals surface area contributed by atoms with Crippen LogP contribution in [0.25, 0.3) is 0 Å². The number of carboxylic acids is 1. The zero-order valence-electron chi connectivity index (χ0n) is 14.5. The highest BCUT2D eigenvalue weighted by Crippen LogP contribution is 2.18. The van der Waals surface area contributed by atoms with E-state index in [1.54, 1.807) is 27.7 Å². The molecule has 0 spiro atoms. The van der Waals surface area contributed by atoms with E-state index in [-0.39, 0.29) is 22.4 Å². The average molecular weight is 356 g/mol. The highest BCUT2D eigenvalue weighted by atomic mass is 32.2. The number of hydrogen-bond donors (Lipinski definition) is 2. The highest BCUT2D eigenvalue weighted by Gasteiger charge is 2.26. The first kappa shape index (κ1) is 20.1. The number of hydrogen-bond acceptors (Lipinski definition) is 4. The molecule has 134 valence electrons. The monoisotopic (exact) mass is 356 g/mol. The van der Waals surface area contributed by atoms with E-state index >= 15 is 0 Å². The second kappa shape index (κ2) is 7.76. The van der Waals surface area contributed by atoms with Gasteiger partial charge in [0, 0.05) is 18.7 Å². The summed E-state index contributed by atoms with van der Waals surface area (Å²) in [7, 11) is -2.25. The van der Waals surface area contributed by atoms with Crippen molar-refractivity contribution < 1.29 is 23.1 Å². The zero-order valence-corrected chi connectivity index (χ0v) is 15.3. The lowest BCUT2D eigenvalue weighted by molar-refractivity contribution is -0.140. The zero-order chi connectivity index (χ0) is 18.7. The van der Waals surface area contributed by atoms with Gasteiger partial charge in [-0.25, -0.2) is 13.2 Å². The third-order valence-electron chi connectivity index (χ3n) is 3.72. The van der Waals surface area contributed by atoms with Crippen molar-refractivity contribution in [2.45, 2.75) is 44.7 Å². The van der Waals surface area contributed by atoms with Gasteiger partial charge in [0.1, 0.15) is 6.04 Å². The Morgan fingerprint density at radius 3 is 2.21 bits per heavy atom. The molecule has 0 bridgehead atoms. The number of carboxylic acid groups (broad SMARTS) is 1. The largest absolute Gasteiger partial charge is 0.480 e. The minimum atomic E-state index is -3.72. The predicted octanol–water partition coefficient (Wildman–Crippen LogP) is 1.55. The van der Waals surface area contributed by atoms with Gasteiger partial charge in [0.15, 0.2) is 0 Å². The second-order valence-electron chi connectivity index (χ2n) is 6.18. The summed E-state index contributed by atoms with van der Waals surface area (Å²) in [4.78, 5) is 23.4. The van der Waals surface area contributed by atoms with Gasteiger partial charge in [-0.2, -0.15) is 4.31 Å². The van der Waals surface area contributed by atoms with Gasteiger partial charge in [0.25, 0.3) is 5.91 Å². The molecule has 8 heteroatoms. The predicted molar refractivity (Wildman–Crippen MR) is 90.3 cm³/mol. The number of rotatable bonds is 7. The molecule has 7 nitrogen and oxygen atoms in total. The van der Waals surface area contributed by atoms with Crippen LogP contribution in [0.1, 0.15) is 38.1 Å². The average Bonchev–Trinajstić information content (AvgIpc) is 2.50. The Bertz CT molecular complexity index is 713. The van der Waals surface area contributed by atoms with Crippen LogP contribution in [0, 0.1) is 5.92 Å². The molecule has 0 unspecified atom stereocenters. The summed E-state index contributed by atoms with van der Waals surface area (Å²) in [5.74, 6) is -2.06. The quantitative estimate of drug-likeness (QED) is 0.771. The lowest BCUT2D eigenvalue weighted by atomic mass is 10.0. The van der Waals surface area contributed by atoms with Crippen molar-refractivity contribution in [3.63, 3.8) is 0 Å². The molecule has 0 fully saturated rings. The number of nitrogens with one attached hydrogen (secondary N) is 1. The Kier molecular flexibility index (Phi) is 6.50. The molecule has 0 aliphatic carbocycles. The van der Waals surface area contributed by atoms with Crippen molar-refractivity contribution >= 4 is 21.9 Å².